The van der Waals surface area contributed by atoms with Crippen LogP contribution in [-0.2, 0) is 6.54 Å². The van der Waals surface area contributed by atoms with E-state index in [4.69, 9.17) is 5.73 Å². The predicted octanol–water partition coefficient (Wildman–Crippen LogP) is 2.89. The number of aryl methyl sites for hydroxylation is 2. The number of nitrogens with zero attached hydrogens (tertiary/aromatic N) is 1. The Morgan fingerprint density at radius 1 is 1.27 bits per heavy atom. The molecule has 1 heterocycles. The van der Waals surface area contributed by atoms with Gasteiger partial charge in [-0.1, -0.05) is 18.2 Å². The number of thiazole rings is 1. The first-order valence-corrected chi connectivity index (χ1v) is 5.81. The summed E-state index contributed by atoms with van der Waals surface area (Å²) in [6.07, 6.45) is 0. The van der Waals surface area contributed by atoms with Crippen LogP contribution in [0, 0.1) is 13.8 Å². The van der Waals surface area contributed by atoms with Gasteiger partial charge in [0, 0.05) is 17.5 Å². The molecule has 0 amide bonds. The number of hydrogen-bond donors (Lipinski definition) is 1. The fraction of sp³-hybridized carbons (Fsp3) is 0.250. The van der Waals surface area contributed by atoms with Crippen LogP contribution in [0.2, 0.25) is 0 Å². The lowest BCUT2D eigenvalue weighted by Crippen LogP contribution is -1.96. The zero-order valence-corrected chi connectivity index (χ0v) is 9.77. The van der Waals surface area contributed by atoms with Crippen LogP contribution in [0.15, 0.2) is 23.6 Å². The summed E-state index contributed by atoms with van der Waals surface area (Å²) >= 11 is 1.66. The average molecular weight is 218 g/mol. The molecule has 3 heteroatoms. The van der Waals surface area contributed by atoms with Crippen LogP contribution < -0.4 is 5.73 Å². The number of nitrogens with two attached hydrogens (primary N) is 1. The van der Waals surface area contributed by atoms with E-state index in [0.29, 0.717) is 6.54 Å². The molecule has 2 aromatic rings. The quantitative estimate of drug-likeness (QED) is 0.841. The molecule has 0 aliphatic heterocycles. The molecule has 0 unspecified atom stereocenters. The van der Waals surface area contributed by atoms with Crippen molar-refractivity contribution in [1.82, 2.24) is 4.98 Å². The highest BCUT2D eigenvalue weighted by Gasteiger charge is 2.08. The molecular weight excluding hydrogens is 204 g/mol. The van der Waals surface area contributed by atoms with Gasteiger partial charge in [0.25, 0.3) is 0 Å². The molecule has 0 aliphatic carbocycles. The summed E-state index contributed by atoms with van der Waals surface area (Å²) < 4.78 is 0. The van der Waals surface area contributed by atoms with Gasteiger partial charge in [0.15, 0.2) is 0 Å². The monoisotopic (exact) mass is 218 g/mol. The van der Waals surface area contributed by atoms with Crippen molar-refractivity contribution in [3.8, 4) is 10.6 Å². The van der Waals surface area contributed by atoms with Crippen LogP contribution >= 0.6 is 11.3 Å². The lowest BCUT2D eigenvalue weighted by molar-refractivity contribution is 1.01. The van der Waals surface area contributed by atoms with Crippen molar-refractivity contribution in [2.45, 2.75) is 20.4 Å². The van der Waals surface area contributed by atoms with Gasteiger partial charge in [0.2, 0.25) is 0 Å². The van der Waals surface area contributed by atoms with E-state index >= 15 is 0 Å². The van der Waals surface area contributed by atoms with Gasteiger partial charge in [-0.25, -0.2) is 4.98 Å². The van der Waals surface area contributed by atoms with Gasteiger partial charge in [-0.3, -0.25) is 0 Å². The summed E-state index contributed by atoms with van der Waals surface area (Å²) in [6, 6.07) is 6.31. The van der Waals surface area contributed by atoms with E-state index in [1.165, 1.54) is 16.7 Å². The molecule has 0 bridgehead atoms. The van der Waals surface area contributed by atoms with Crippen molar-refractivity contribution in [1.29, 1.82) is 0 Å². The largest absolute Gasteiger partial charge is 0.325 e. The second-order valence-electron chi connectivity index (χ2n) is 3.61. The third-order valence-corrected chi connectivity index (χ3v) is 3.36. The molecule has 2 nitrogen and oxygen atoms in total. The smallest absolute Gasteiger partial charge is 0.124 e. The van der Waals surface area contributed by atoms with E-state index < -0.39 is 0 Å². The zero-order valence-electron chi connectivity index (χ0n) is 8.95. The van der Waals surface area contributed by atoms with Gasteiger partial charge >= 0.3 is 0 Å². The SMILES string of the molecule is Cc1cccc(C)c1-c1nc(CN)cs1. The maximum Gasteiger partial charge on any atom is 0.124 e. The first-order chi connectivity index (χ1) is 7.22. The van der Waals surface area contributed by atoms with E-state index in [2.05, 4.69) is 37.0 Å². The van der Waals surface area contributed by atoms with E-state index in [1.807, 2.05) is 5.38 Å². The van der Waals surface area contributed by atoms with E-state index in [-0.39, 0.29) is 0 Å². The third kappa shape index (κ3) is 1.94. The van der Waals surface area contributed by atoms with E-state index in [9.17, 15) is 0 Å². The summed E-state index contributed by atoms with van der Waals surface area (Å²) in [5, 5.41) is 3.10. The highest BCUT2D eigenvalue weighted by atomic mass is 32.1. The van der Waals surface area contributed by atoms with E-state index in [0.717, 1.165) is 10.7 Å². The normalized spacial score (nSPS) is 10.6. The van der Waals surface area contributed by atoms with Crippen molar-refractivity contribution < 1.29 is 0 Å². The Morgan fingerprint density at radius 3 is 2.47 bits per heavy atom. The minimum absolute atomic E-state index is 0.515. The molecule has 2 rings (SSSR count). The minimum atomic E-state index is 0.515. The Balaban J connectivity index is 2.53. The predicted molar refractivity (Wildman–Crippen MR) is 64.9 cm³/mol. The molecule has 78 valence electrons. The van der Waals surface area contributed by atoms with Crippen molar-refractivity contribution >= 4 is 11.3 Å². The summed E-state index contributed by atoms with van der Waals surface area (Å²) in [5.74, 6) is 0. The van der Waals surface area contributed by atoms with E-state index in [1.54, 1.807) is 11.3 Å². The Kier molecular flexibility index (Phi) is 2.84. The molecule has 0 saturated heterocycles. The molecule has 0 radical (unpaired) electrons. The summed E-state index contributed by atoms with van der Waals surface area (Å²) in [6.45, 7) is 4.75. The molecule has 2 N–H and O–H groups in total. The number of benzene rings is 1. The lowest BCUT2D eigenvalue weighted by atomic mass is 10.0. The van der Waals surface area contributed by atoms with Crippen molar-refractivity contribution in [3.63, 3.8) is 0 Å². The molecule has 0 atom stereocenters. The number of hydrogen-bond acceptors (Lipinski definition) is 3. The summed E-state index contributed by atoms with van der Waals surface area (Å²) in [5.41, 5.74) is 10.3. The highest BCUT2D eigenvalue weighted by Crippen LogP contribution is 2.29. The van der Waals surface area contributed by atoms with Gasteiger partial charge in [-0.2, -0.15) is 0 Å². The average Bonchev–Trinajstić information content (AvgIpc) is 2.66. The second kappa shape index (κ2) is 4.13. The van der Waals surface area contributed by atoms with Gasteiger partial charge in [0.05, 0.1) is 5.69 Å². The van der Waals surface area contributed by atoms with Crippen LogP contribution in [0.3, 0.4) is 0 Å². The molecular formula is C12H14N2S. The minimum Gasteiger partial charge on any atom is -0.325 e. The molecule has 0 aliphatic rings. The molecule has 0 fully saturated rings. The van der Waals surface area contributed by atoms with Gasteiger partial charge in [-0.15, -0.1) is 11.3 Å². The number of rotatable bonds is 2. The van der Waals surface area contributed by atoms with Crippen LogP contribution in [0.5, 0.6) is 0 Å². The molecule has 1 aromatic carbocycles. The maximum absolute atomic E-state index is 5.56. The van der Waals surface area contributed by atoms with Crippen LogP contribution in [0.4, 0.5) is 0 Å². The maximum atomic E-state index is 5.56. The Hall–Kier alpha value is -1.19. The van der Waals surface area contributed by atoms with Crippen molar-refractivity contribution in [3.05, 3.63) is 40.4 Å². The van der Waals surface area contributed by atoms with Crippen molar-refractivity contribution in [2.24, 2.45) is 5.73 Å². The first kappa shape index (κ1) is 10.3. The first-order valence-electron chi connectivity index (χ1n) is 4.93. The molecule has 0 saturated carbocycles. The number of aromatic nitrogens is 1. The van der Waals surface area contributed by atoms with Gasteiger partial charge in [0.1, 0.15) is 5.01 Å². The zero-order chi connectivity index (χ0) is 10.8. The van der Waals surface area contributed by atoms with Crippen LogP contribution in [-0.4, -0.2) is 4.98 Å². The molecule has 1 aromatic heterocycles. The molecule has 15 heavy (non-hydrogen) atoms. The second-order valence-corrected chi connectivity index (χ2v) is 4.47. The third-order valence-electron chi connectivity index (χ3n) is 2.46. The topological polar surface area (TPSA) is 38.9 Å². The lowest BCUT2D eigenvalue weighted by Gasteiger charge is -2.05. The standard InChI is InChI=1S/C12H14N2S/c1-8-4-3-5-9(2)11(8)12-14-10(6-13)7-15-12/h3-5,7H,6,13H2,1-2H3. The molecule has 0 spiro atoms. The van der Waals surface area contributed by atoms with Crippen molar-refractivity contribution in [2.75, 3.05) is 0 Å². The highest BCUT2D eigenvalue weighted by molar-refractivity contribution is 7.13. The Bertz CT molecular complexity index is 454. The van der Waals surface area contributed by atoms with Crippen LogP contribution in [0.25, 0.3) is 10.6 Å². The fourth-order valence-electron chi connectivity index (χ4n) is 1.67. The van der Waals surface area contributed by atoms with Gasteiger partial charge in [-0.05, 0) is 25.0 Å². The Morgan fingerprint density at radius 2 is 1.93 bits per heavy atom. The van der Waals surface area contributed by atoms with Gasteiger partial charge < -0.3 is 5.73 Å². The van der Waals surface area contributed by atoms with Crippen LogP contribution in [0.1, 0.15) is 16.8 Å². The fourth-order valence-corrected chi connectivity index (χ4v) is 2.67. The summed E-state index contributed by atoms with van der Waals surface area (Å²) in [7, 11) is 0. The summed E-state index contributed by atoms with van der Waals surface area (Å²) in [4.78, 5) is 4.51. The Labute approximate surface area is 93.8 Å².